The Morgan fingerprint density at radius 3 is 2.50 bits per heavy atom. The molecule has 0 aromatic rings. The molecule has 0 aromatic carbocycles. The van der Waals surface area contributed by atoms with Gasteiger partial charge in [0.1, 0.15) is 6.04 Å². The number of carbonyl (C=O) groups excluding carboxylic acids is 1. The maximum Gasteiger partial charge on any atom is 0.321 e. The van der Waals surface area contributed by atoms with Gasteiger partial charge in [-0.3, -0.25) is 9.59 Å². The first-order valence-corrected chi connectivity index (χ1v) is 6.60. The molecule has 1 unspecified atom stereocenters. The van der Waals surface area contributed by atoms with Crippen LogP contribution in [0.15, 0.2) is 0 Å². The molecule has 0 saturated carbocycles. The number of carboxylic acid groups (broad SMARTS) is 1. The number of ether oxygens (including phenoxy) is 1. The van der Waals surface area contributed by atoms with E-state index in [9.17, 15) is 9.59 Å². The van der Waals surface area contributed by atoms with E-state index in [1.54, 1.807) is 21.0 Å². The molecule has 4 N–H and O–H groups in total. The van der Waals surface area contributed by atoms with Gasteiger partial charge >= 0.3 is 5.97 Å². The molecule has 0 aliphatic carbocycles. The number of methoxy groups -OCH3 is 1. The van der Waals surface area contributed by atoms with Crippen LogP contribution in [0.1, 0.15) is 20.8 Å². The van der Waals surface area contributed by atoms with Gasteiger partial charge in [-0.05, 0) is 20.8 Å². The second-order valence-electron chi connectivity index (χ2n) is 4.63. The number of amides is 1. The van der Waals surface area contributed by atoms with E-state index < -0.39 is 16.8 Å². The molecule has 0 aromatic heterocycles. The number of rotatable bonds is 8. The lowest BCUT2D eigenvalue weighted by Gasteiger charge is -2.27. The standard InChI is InChI=1S/C11H22N2O4S/c1-7(5-17-4)13-8(14)6-18-11(2,3)9(12)10(15)16/h7,9H,5-6,12H2,1-4H3,(H,13,14)(H,15,16)/t7?,9-/m1/s1. The van der Waals surface area contributed by atoms with Crippen molar-refractivity contribution in [1.29, 1.82) is 0 Å². The molecule has 106 valence electrons. The third-order valence-electron chi connectivity index (χ3n) is 2.41. The first-order chi connectivity index (χ1) is 8.20. The van der Waals surface area contributed by atoms with Crippen LogP contribution in [0.3, 0.4) is 0 Å². The van der Waals surface area contributed by atoms with E-state index in [1.807, 2.05) is 6.92 Å². The van der Waals surface area contributed by atoms with Gasteiger partial charge in [0.15, 0.2) is 0 Å². The Bertz CT molecular complexity index is 297. The van der Waals surface area contributed by atoms with E-state index in [-0.39, 0.29) is 17.7 Å². The highest BCUT2D eigenvalue weighted by molar-refractivity contribution is 8.01. The Balaban J connectivity index is 4.15. The molecule has 2 atom stereocenters. The summed E-state index contributed by atoms with van der Waals surface area (Å²) >= 11 is 1.22. The predicted molar refractivity (Wildman–Crippen MR) is 71.6 cm³/mol. The topological polar surface area (TPSA) is 102 Å². The van der Waals surface area contributed by atoms with Gasteiger partial charge in [0.05, 0.1) is 12.4 Å². The summed E-state index contributed by atoms with van der Waals surface area (Å²) in [7, 11) is 1.56. The van der Waals surface area contributed by atoms with Crippen molar-refractivity contribution in [1.82, 2.24) is 5.32 Å². The van der Waals surface area contributed by atoms with Crippen molar-refractivity contribution < 1.29 is 19.4 Å². The fourth-order valence-corrected chi connectivity index (χ4v) is 2.11. The molecule has 0 spiro atoms. The summed E-state index contributed by atoms with van der Waals surface area (Å²) in [6.07, 6.45) is 0. The zero-order valence-electron chi connectivity index (χ0n) is 11.2. The molecule has 0 fully saturated rings. The van der Waals surface area contributed by atoms with Crippen molar-refractivity contribution in [2.75, 3.05) is 19.5 Å². The van der Waals surface area contributed by atoms with Gasteiger partial charge in [0.25, 0.3) is 0 Å². The summed E-state index contributed by atoms with van der Waals surface area (Å²) < 4.78 is 4.20. The van der Waals surface area contributed by atoms with Crippen molar-refractivity contribution in [3.8, 4) is 0 Å². The van der Waals surface area contributed by atoms with Crippen LogP contribution in [0.5, 0.6) is 0 Å². The number of nitrogens with one attached hydrogen (secondary N) is 1. The van der Waals surface area contributed by atoms with Crippen LogP contribution >= 0.6 is 11.8 Å². The number of carboxylic acids is 1. The second kappa shape index (κ2) is 7.60. The first-order valence-electron chi connectivity index (χ1n) is 5.61. The van der Waals surface area contributed by atoms with E-state index in [0.717, 1.165) is 0 Å². The summed E-state index contributed by atoms with van der Waals surface area (Å²) in [5, 5.41) is 11.6. The number of thioether (sulfide) groups is 1. The van der Waals surface area contributed by atoms with Gasteiger partial charge in [0.2, 0.25) is 5.91 Å². The Labute approximate surface area is 112 Å². The largest absolute Gasteiger partial charge is 0.480 e. The highest BCUT2D eigenvalue weighted by atomic mass is 32.2. The molecule has 7 heteroatoms. The molecule has 6 nitrogen and oxygen atoms in total. The normalized spacial score (nSPS) is 14.9. The Hall–Kier alpha value is -0.790. The smallest absolute Gasteiger partial charge is 0.321 e. The van der Waals surface area contributed by atoms with E-state index in [0.29, 0.717) is 6.61 Å². The lowest BCUT2D eigenvalue weighted by molar-refractivity contribution is -0.139. The van der Waals surface area contributed by atoms with Crippen LogP contribution in [0.2, 0.25) is 0 Å². The molecular weight excluding hydrogens is 256 g/mol. The quantitative estimate of drug-likeness (QED) is 0.580. The van der Waals surface area contributed by atoms with Crippen molar-refractivity contribution in [3.05, 3.63) is 0 Å². The van der Waals surface area contributed by atoms with Crippen molar-refractivity contribution in [3.63, 3.8) is 0 Å². The number of hydrogen-bond acceptors (Lipinski definition) is 5. The molecular formula is C11H22N2O4S. The molecule has 0 heterocycles. The summed E-state index contributed by atoms with van der Waals surface area (Å²) in [5.74, 6) is -1.06. The fourth-order valence-electron chi connectivity index (χ4n) is 1.25. The summed E-state index contributed by atoms with van der Waals surface area (Å²) in [4.78, 5) is 22.4. The SMILES string of the molecule is COCC(C)NC(=O)CSC(C)(C)[C@H](N)C(=O)O. The Morgan fingerprint density at radius 1 is 1.50 bits per heavy atom. The number of carbonyl (C=O) groups is 2. The van der Waals surface area contributed by atoms with Crippen LogP contribution in [0.25, 0.3) is 0 Å². The maximum atomic E-state index is 11.6. The minimum absolute atomic E-state index is 0.0700. The molecule has 0 saturated heterocycles. The number of hydrogen-bond donors (Lipinski definition) is 3. The Kier molecular flexibility index (Phi) is 7.27. The monoisotopic (exact) mass is 278 g/mol. The van der Waals surface area contributed by atoms with E-state index in [2.05, 4.69) is 5.32 Å². The van der Waals surface area contributed by atoms with E-state index in [1.165, 1.54) is 11.8 Å². The van der Waals surface area contributed by atoms with Crippen molar-refractivity contribution in [2.24, 2.45) is 5.73 Å². The molecule has 0 aliphatic heterocycles. The van der Waals surface area contributed by atoms with Gasteiger partial charge in [-0.25, -0.2) is 0 Å². The lowest BCUT2D eigenvalue weighted by Crippen LogP contribution is -2.47. The van der Waals surface area contributed by atoms with E-state index in [4.69, 9.17) is 15.6 Å². The second-order valence-corrected chi connectivity index (χ2v) is 6.26. The van der Waals surface area contributed by atoms with Crippen LogP contribution in [-0.2, 0) is 14.3 Å². The van der Waals surface area contributed by atoms with Crippen LogP contribution in [-0.4, -0.2) is 53.3 Å². The van der Waals surface area contributed by atoms with Gasteiger partial charge in [-0.1, -0.05) is 0 Å². The zero-order chi connectivity index (χ0) is 14.3. The molecule has 0 aliphatic rings. The van der Waals surface area contributed by atoms with E-state index >= 15 is 0 Å². The summed E-state index contributed by atoms with van der Waals surface area (Å²) in [6.45, 7) is 5.69. The zero-order valence-corrected chi connectivity index (χ0v) is 12.0. The van der Waals surface area contributed by atoms with Crippen LogP contribution < -0.4 is 11.1 Å². The van der Waals surface area contributed by atoms with Crippen molar-refractivity contribution in [2.45, 2.75) is 37.6 Å². The van der Waals surface area contributed by atoms with Crippen LogP contribution in [0.4, 0.5) is 0 Å². The molecule has 0 rings (SSSR count). The minimum atomic E-state index is -1.07. The third-order valence-corrected chi connectivity index (χ3v) is 3.82. The lowest BCUT2D eigenvalue weighted by atomic mass is 10.1. The van der Waals surface area contributed by atoms with Crippen LogP contribution in [0, 0.1) is 0 Å². The molecule has 1 amide bonds. The summed E-state index contributed by atoms with van der Waals surface area (Å²) in [5.41, 5.74) is 5.56. The minimum Gasteiger partial charge on any atom is -0.480 e. The average Bonchev–Trinajstić information content (AvgIpc) is 2.25. The average molecular weight is 278 g/mol. The van der Waals surface area contributed by atoms with Gasteiger partial charge < -0.3 is 20.9 Å². The summed E-state index contributed by atoms with van der Waals surface area (Å²) in [6, 6.07) is -1.08. The number of nitrogens with two attached hydrogens (primary N) is 1. The van der Waals surface area contributed by atoms with Gasteiger partial charge in [-0.15, -0.1) is 11.8 Å². The fraction of sp³-hybridized carbons (Fsp3) is 0.818. The first kappa shape index (κ1) is 17.2. The third kappa shape index (κ3) is 6.23. The Morgan fingerprint density at radius 2 is 2.06 bits per heavy atom. The molecule has 0 radical (unpaired) electrons. The maximum absolute atomic E-state index is 11.6. The molecule has 18 heavy (non-hydrogen) atoms. The highest BCUT2D eigenvalue weighted by Crippen LogP contribution is 2.27. The van der Waals surface area contributed by atoms with Crippen molar-refractivity contribution >= 4 is 23.6 Å². The number of aliphatic carboxylic acids is 1. The predicted octanol–water partition coefficient (Wildman–Crippen LogP) is 0.0612. The van der Waals surface area contributed by atoms with Gasteiger partial charge in [-0.2, -0.15) is 0 Å². The van der Waals surface area contributed by atoms with Gasteiger partial charge in [0, 0.05) is 17.9 Å². The highest BCUT2D eigenvalue weighted by Gasteiger charge is 2.33. The molecule has 0 bridgehead atoms.